The molecule has 1 saturated heterocycles. The second kappa shape index (κ2) is 4.84. The number of alkyl halides is 3. The molecule has 2 heterocycles. The zero-order valence-corrected chi connectivity index (χ0v) is 10.2. The molecule has 0 bridgehead atoms. The van der Waals surface area contributed by atoms with Crippen LogP contribution >= 0.6 is 11.6 Å². The molecule has 1 aromatic heterocycles. The minimum atomic E-state index is -4.57. The number of halogens is 4. The van der Waals surface area contributed by atoms with E-state index in [2.05, 4.69) is 9.97 Å². The zero-order chi connectivity index (χ0) is 14.2. The first kappa shape index (κ1) is 13.9. The highest BCUT2D eigenvalue weighted by atomic mass is 35.5. The summed E-state index contributed by atoms with van der Waals surface area (Å²) in [5, 5.41) is 9.12. The Morgan fingerprint density at radius 2 is 1.95 bits per heavy atom. The number of hydrogen-bond donors (Lipinski definition) is 1. The Morgan fingerprint density at radius 1 is 1.37 bits per heavy atom. The molecule has 9 heteroatoms. The fraction of sp³-hybridized carbons (Fsp3) is 0.500. The molecular formula is C10H9ClF3N3O2. The van der Waals surface area contributed by atoms with Crippen molar-refractivity contribution in [2.24, 2.45) is 11.8 Å². The summed E-state index contributed by atoms with van der Waals surface area (Å²) in [5.74, 6) is -4.87. The van der Waals surface area contributed by atoms with Crippen LogP contribution in [0.2, 0.25) is 5.02 Å². The van der Waals surface area contributed by atoms with Gasteiger partial charge >= 0.3 is 12.1 Å². The van der Waals surface area contributed by atoms with Gasteiger partial charge in [-0.3, -0.25) is 4.79 Å². The van der Waals surface area contributed by atoms with E-state index in [1.165, 1.54) is 17.3 Å². The zero-order valence-electron chi connectivity index (χ0n) is 9.43. The van der Waals surface area contributed by atoms with Crippen LogP contribution in [0.3, 0.4) is 0 Å². The molecule has 0 saturated carbocycles. The van der Waals surface area contributed by atoms with E-state index >= 15 is 0 Å². The predicted octanol–water partition coefficient (Wildman–Crippen LogP) is 1.83. The van der Waals surface area contributed by atoms with Gasteiger partial charge in [0.05, 0.1) is 29.3 Å². The van der Waals surface area contributed by atoms with E-state index in [9.17, 15) is 18.0 Å². The number of carbonyl (C=O) groups is 1. The van der Waals surface area contributed by atoms with Gasteiger partial charge in [-0.1, -0.05) is 11.6 Å². The Morgan fingerprint density at radius 3 is 2.37 bits per heavy atom. The second-order valence-corrected chi connectivity index (χ2v) is 4.64. The summed E-state index contributed by atoms with van der Waals surface area (Å²) >= 11 is 5.58. The topological polar surface area (TPSA) is 66.3 Å². The third-order valence-electron chi connectivity index (χ3n) is 2.95. The van der Waals surface area contributed by atoms with Crippen molar-refractivity contribution in [3.8, 4) is 0 Å². The van der Waals surface area contributed by atoms with Gasteiger partial charge in [0.25, 0.3) is 0 Å². The fourth-order valence-corrected chi connectivity index (χ4v) is 2.12. The lowest BCUT2D eigenvalue weighted by Gasteiger charge is -2.18. The summed E-state index contributed by atoms with van der Waals surface area (Å²) in [6, 6.07) is 0. The third kappa shape index (κ3) is 2.89. The molecule has 2 atom stereocenters. The molecule has 1 aliphatic heterocycles. The number of aromatic nitrogens is 2. The van der Waals surface area contributed by atoms with Crippen LogP contribution < -0.4 is 4.90 Å². The molecule has 0 unspecified atom stereocenters. The molecule has 1 aromatic rings. The molecular weight excluding hydrogens is 287 g/mol. The van der Waals surface area contributed by atoms with Crippen molar-refractivity contribution in [2.45, 2.75) is 6.18 Å². The summed E-state index contributed by atoms with van der Waals surface area (Å²) in [6.45, 7) is -0.747. The third-order valence-corrected chi connectivity index (χ3v) is 3.14. The van der Waals surface area contributed by atoms with Crippen LogP contribution in [-0.2, 0) is 4.79 Å². The number of nitrogens with zero attached hydrogens (tertiary/aromatic N) is 3. The fourth-order valence-electron chi connectivity index (χ4n) is 2.02. The van der Waals surface area contributed by atoms with E-state index in [1.54, 1.807) is 0 Å². The lowest BCUT2D eigenvalue weighted by Crippen LogP contribution is -2.33. The predicted molar refractivity (Wildman–Crippen MR) is 59.9 cm³/mol. The van der Waals surface area contributed by atoms with Crippen LogP contribution in [0.4, 0.5) is 19.1 Å². The van der Waals surface area contributed by atoms with E-state index in [1.807, 2.05) is 0 Å². The van der Waals surface area contributed by atoms with Crippen molar-refractivity contribution in [1.82, 2.24) is 9.97 Å². The smallest absolute Gasteiger partial charge is 0.394 e. The normalized spacial score (nSPS) is 23.7. The summed E-state index contributed by atoms with van der Waals surface area (Å²) in [4.78, 5) is 19.7. The Kier molecular flexibility index (Phi) is 3.53. The molecule has 0 aliphatic carbocycles. The van der Waals surface area contributed by atoms with Crippen LogP contribution in [-0.4, -0.2) is 40.3 Å². The van der Waals surface area contributed by atoms with Gasteiger partial charge < -0.3 is 10.0 Å². The highest BCUT2D eigenvalue weighted by Gasteiger charge is 2.53. The molecule has 19 heavy (non-hydrogen) atoms. The van der Waals surface area contributed by atoms with Crippen molar-refractivity contribution in [2.75, 3.05) is 18.0 Å². The average Bonchev–Trinajstić information content (AvgIpc) is 2.74. The van der Waals surface area contributed by atoms with Crippen molar-refractivity contribution >= 4 is 23.5 Å². The molecule has 0 radical (unpaired) electrons. The second-order valence-electron chi connectivity index (χ2n) is 4.20. The van der Waals surface area contributed by atoms with Crippen LogP contribution in [0.25, 0.3) is 0 Å². The maximum atomic E-state index is 12.8. The summed E-state index contributed by atoms with van der Waals surface area (Å²) in [7, 11) is 0. The Labute approximate surface area is 111 Å². The van der Waals surface area contributed by atoms with Gasteiger partial charge in [0.1, 0.15) is 0 Å². The van der Waals surface area contributed by atoms with E-state index in [0.717, 1.165) is 0 Å². The lowest BCUT2D eigenvalue weighted by molar-refractivity contribution is -0.187. The molecule has 1 fully saturated rings. The number of aliphatic carboxylic acids is 1. The Balaban J connectivity index is 2.23. The summed E-state index contributed by atoms with van der Waals surface area (Å²) < 4.78 is 38.3. The first-order valence-corrected chi connectivity index (χ1v) is 5.69. The molecule has 0 amide bonds. The van der Waals surface area contributed by atoms with Crippen LogP contribution in [0.15, 0.2) is 12.4 Å². The minimum Gasteiger partial charge on any atom is -0.481 e. The van der Waals surface area contributed by atoms with Crippen LogP contribution in [0.5, 0.6) is 0 Å². The summed E-state index contributed by atoms with van der Waals surface area (Å²) in [6.07, 6.45) is -2.06. The van der Waals surface area contributed by atoms with Crippen LogP contribution in [0.1, 0.15) is 0 Å². The lowest BCUT2D eigenvalue weighted by atomic mass is 9.96. The van der Waals surface area contributed by atoms with Gasteiger partial charge in [0, 0.05) is 13.1 Å². The number of anilines is 1. The molecule has 1 aliphatic rings. The highest BCUT2D eigenvalue weighted by Crippen LogP contribution is 2.38. The average molecular weight is 296 g/mol. The monoisotopic (exact) mass is 295 g/mol. The molecule has 0 aromatic carbocycles. The van der Waals surface area contributed by atoms with E-state index in [4.69, 9.17) is 16.7 Å². The molecule has 0 spiro atoms. The highest BCUT2D eigenvalue weighted by molar-refractivity contribution is 6.30. The molecule has 5 nitrogen and oxygen atoms in total. The molecule has 104 valence electrons. The van der Waals surface area contributed by atoms with Crippen LogP contribution in [0, 0.1) is 11.8 Å². The van der Waals surface area contributed by atoms with E-state index in [0.29, 0.717) is 0 Å². The first-order chi connectivity index (χ1) is 8.79. The molecule has 1 N–H and O–H groups in total. The number of carboxylic acids is 1. The first-order valence-electron chi connectivity index (χ1n) is 5.31. The van der Waals surface area contributed by atoms with Crippen molar-refractivity contribution in [1.29, 1.82) is 0 Å². The van der Waals surface area contributed by atoms with Crippen molar-refractivity contribution < 1.29 is 23.1 Å². The molecule has 2 rings (SSSR count). The number of hydrogen-bond acceptors (Lipinski definition) is 4. The van der Waals surface area contributed by atoms with Gasteiger partial charge in [0.2, 0.25) is 5.95 Å². The maximum absolute atomic E-state index is 12.8. The van der Waals surface area contributed by atoms with Crippen molar-refractivity contribution in [3.63, 3.8) is 0 Å². The van der Waals surface area contributed by atoms with Gasteiger partial charge in [-0.2, -0.15) is 13.2 Å². The Bertz CT molecular complexity index is 480. The van der Waals surface area contributed by atoms with Gasteiger partial charge in [-0.25, -0.2) is 9.97 Å². The SMILES string of the molecule is O=C(O)[C@H]1CN(c2ncc(Cl)cn2)C[C@H]1C(F)(F)F. The van der Waals surface area contributed by atoms with Gasteiger partial charge in [-0.05, 0) is 0 Å². The van der Waals surface area contributed by atoms with Gasteiger partial charge in [-0.15, -0.1) is 0 Å². The minimum absolute atomic E-state index is 0.0439. The van der Waals surface area contributed by atoms with E-state index < -0.39 is 30.5 Å². The van der Waals surface area contributed by atoms with E-state index in [-0.39, 0.29) is 17.5 Å². The van der Waals surface area contributed by atoms with Crippen molar-refractivity contribution in [3.05, 3.63) is 17.4 Å². The standard InChI is InChI=1S/C10H9ClF3N3O2/c11-5-1-15-9(16-2-5)17-3-6(8(18)19)7(4-17)10(12,13)14/h1-2,6-7H,3-4H2,(H,18,19)/t6-,7+/m0/s1. The Hall–Kier alpha value is -1.57. The maximum Gasteiger partial charge on any atom is 0.394 e. The number of rotatable bonds is 2. The summed E-state index contributed by atoms with van der Waals surface area (Å²) in [5.41, 5.74) is 0. The largest absolute Gasteiger partial charge is 0.481 e. The number of carboxylic acid groups (broad SMARTS) is 1. The van der Waals surface area contributed by atoms with Gasteiger partial charge in [0.15, 0.2) is 0 Å². The quantitative estimate of drug-likeness (QED) is 0.901.